The van der Waals surface area contributed by atoms with Gasteiger partial charge in [-0.15, -0.1) is 0 Å². The van der Waals surface area contributed by atoms with E-state index in [9.17, 15) is 4.79 Å². The minimum absolute atomic E-state index is 0.216. The quantitative estimate of drug-likeness (QED) is 0.849. The van der Waals surface area contributed by atoms with Crippen LogP contribution in [0, 0.1) is 12.8 Å². The van der Waals surface area contributed by atoms with E-state index in [2.05, 4.69) is 39.5 Å². The average Bonchev–Trinajstić information content (AvgIpc) is 2.89. The number of aromatic nitrogens is 3. The molecule has 8 heteroatoms. The van der Waals surface area contributed by atoms with Crippen molar-refractivity contribution in [1.29, 1.82) is 0 Å². The molecule has 0 bridgehead atoms. The van der Waals surface area contributed by atoms with Crippen LogP contribution in [0.1, 0.15) is 19.5 Å². The third kappa shape index (κ3) is 4.13. The number of pyridine rings is 1. The van der Waals surface area contributed by atoms with E-state index >= 15 is 0 Å². The van der Waals surface area contributed by atoms with Gasteiger partial charge in [0.25, 0.3) is 0 Å². The summed E-state index contributed by atoms with van der Waals surface area (Å²) in [6, 6.07) is 1.99. The molecule has 0 aromatic carbocycles. The number of aryl methyl sites for hydroxylation is 2. The molecule has 2 aromatic heterocycles. The highest BCUT2D eigenvalue weighted by atomic mass is 16.5. The van der Waals surface area contributed by atoms with Crippen LogP contribution in [0.4, 0.5) is 10.5 Å². The molecule has 1 aliphatic heterocycles. The van der Waals surface area contributed by atoms with Crippen molar-refractivity contribution >= 4 is 22.8 Å². The maximum Gasteiger partial charge on any atom is 0.319 e. The summed E-state index contributed by atoms with van der Waals surface area (Å²) >= 11 is 0. The molecule has 8 nitrogen and oxygen atoms in total. The van der Waals surface area contributed by atoms with Crippen LogP contribution in [0.25, 0.3) is 11.0 Å². The van der Waals surface area contributed by atoms with Gasteiger partial charge in [-0.2, -0.15) is 5.10 Å². The number of carbonyl (C=O) groups excluding carboxylic acids is 1. The summed E-state index contributed by atoms with van der Waals surface area (Å²) in [5, 5.41) is 11.2. The van der Waals surface area contributed by atoms with Gasteiger partial charge in [-0.3, -0.25) is 9.58 Å². The number of anilines is 1. The van der Waals surface area contributed by atoms with E-state index in [0.29, 0.717) is 24.2 Å². The molecule has 2 aromatic rings. The molecule has 0 spiro atoms. The fourth-order valence-corrected chi connectivity index (χ4v) is 3.44. The number of rotatable bonds is 5. The zero-order valence-corrected chi connectivity index (χ0v) is 16.0. The molecule has 26 heavy (non-hydrogen) atoms. The fourth-order valence-electron chi connectivity index (χ4n) is 3.44. The van der Waals surface area contributed by atoms with Crippen molar-refractivity contribution in [3.63, 3.8) is 0 Å². The zero-order chi connectivity index (χ0) is 18.7. The number of morpholine rings is 1. The van der Waals surface area contributed by atoms with E-state index in [1.807, 2.05) is 20.0 Å². The van der Waals surface area contributed by atoms with Crippen LogP contribution < -0.4 is 10.6 Å². The maximum absolute atomic E-state index is 12.3. The lowest BCUT2D eigenvalue weighted by Crippen LogP contribution is -2.51. The van der Waals surface area contributed by atoms with Gasteiger partial charge >= 0.3 is 6.03 Å². The highest BCUT2D eigenvalue weighted by Crippen LogP contribution is 2.19. The first-order valence-corrected chi connectivity index (χ1v) is 9.11. The molecule has 0 radical (unpaired) electrons. The van der Waals surface area contributed by atoms with Crippen LogP contribution in [0.2, 0.25) is 0 Å². The summed E-state index contributed by atoms with van der Waals surface area (Å²) < 4.78 is 7.17. The number of carbonyl (C=O) groups is 1. The second kappa shape index (κ2) is 8.01. The first kappa shape index (κ1) is 18.6. The van der Waals surface area contributed by atoms with Crippen LogP contribution in [-0.4, -0.2) is 64.6 Å². The lowest BCUT2D eigenvalue weighted by atomic mass is 10.0. The highest BCUT2D eigenvalue weighted by Gasteiger charge is 2.24. The van der Waals surface area contributed by atoms with Gasteiger partial charge in [-0.25, -0.2) is 9.78 Å². The first-order valence-electron chi connectivity index (χ1n) is 9.11. The Bertz CT molecular complexity index is 766. The van der Waals surface area contributed by atoms with Crippen molar-refractivity contribution in [2.24, 2.45) is 13.0 Å². The fraction of sp³-hybridized carbons (Fsp3) is 0.611. The number of hydrogen-bond acceptors (Lipinski definition) is 5. The second-order valence-corrected chi connectivity index (χ2v) is 7.10. The number of amides is 2. The summed E-state index contributed by atoms with van der Waals surface area (Å²) in [6.07, 6.45) is 1.66. The van der Waals surface area contributed by atoms with E-state index in [1.54, 1.807) is 10.9 Å². The summed E-state index contributed by atoms with van der Waals surface area (Å²) in [6.45, 7) is 10.2. The average molecular weight is 360 g/mol. The van der Waals surface area contributed by atoms with Crippen LogP contribution >= 0.6 is 0 Å². The Morgan fingerprint density at radius 3 is 2.77 bits per heavy atom. The Labute approximate surface area is 153 Å². The Kier molecular flexibility index (Phi) is 5.73. The Hall–Kier alpha value is -2.19. The third-order valence-electron chi connectivity index (χ3n) is 4.88. The maximum atomic E-state index is 12.3. The Balaban J connectivity index is 1.60. The first-order chi connectivity index (χ1) is 12.5. The summed E-state index contributed by atoms with van der Waals surface area (Å²) in [5.41, 5.74) is 2.37. The van der Waals surface area contributed by atoms with E-state index in [4.69, 9.17) is 4.74 Å². The predicted molar refractivity (Wildman–Crippen MR) is 101 cm³/mol. The van der Waals surface area contributed by atoms with Crippen LogP contribution in [0.3, 0.4) is 0 Å². The number of urea groups is 1. The van der Waals surface area contributed by atoms with Crippen molar-refractivity contribution in [2.45, 2.75) is 26.8 Å². The topological polar surface area (TPSA) is 84.3 Å². The molecule has 1 saturated heterocycles. The molecule has 1 aliphatic rings. The molecule has 142 valence electrons. The van der Waals surface area contributed by atoms with E-state index < -0.39 is 0 Å². The van der Waals surface area contributed by atoms with Gasteiger partial charge in [-0.1, -0.05) is 13.8 Å². The number of nitrogens with one attached hydrogen (secondary N) is 2. The van der Waals surface area contributed by atoms with Gasteiger partial charge < -0.3 is 15.4 Å². The molecule has 1 unspecified atom stereocenters. The second-order valence-electron chi connectivity index (χ2n) is 7.10. The molecule has 3 rings (SSSR count). The molecular formula is C18H28N6O2. The van der Waals surface area contributed by atoms with Gasteiger partial charge in [-0.05, 0) is 18.9 Å². The van der Waals surface area contributed by atoms with Crippen LogP contribution in [-0.2, 0) is 11.8 Å². The van der Waals surface area contributed by atoms with Crippen LogP contribution in [0.15, 0.2) is 12.3 Å². The predicted octanol–water partition coefficient (Wildman–Crippen LogP) is 1.76. The number of nitrogens with zero attached hydrogens (tertiary/aromatic N) is 4. The zero-order valence-electron chi connectivity index (χ0n) is 16.0. The molecule has 1 fully saturated rings. The lowest BCUT2D eigenvalue weighted by molar-refractivity contribution is 0.00728. The molecule has 2 amide bonds. The van der Waals surface area contributed by atoms with E-state index in [-0.39, 0.29) is 6.03 Å². The number of hydrogen-bond donors (Lipinski definition) is 2. The van der Waals surface area contributed by atoms with Gasteiger partial charge in [0.2, 0.25) is 0 Å². The van der Waals surface area contributed by atoms with Gasteiger partial charge in [0, 0.05) is 38.1 Å². The van der Waals surface area contributed by atoms with Crippen molar-refractivity contribution in [3.8, 4) is 0 Å². The molecule has 0 aliphatic carbocycles. The Morgan fingerprint density at radius 1 is 1.35 bits per heavy atom. The lowest BCUT2D eigenvalue weighted by Gasteiger charge is -2.36. The minimum Gasteiger partial charge on any atom is -0.379 e. The molecule has 2 N–H and O–H groups in total. The van der Waals surface area contributed by atoms with Crippen molar-refractivity contribution < 1.29 is 9.53 Å². The van der Waals surface area contributed by atoms with E-state index in [0.717, 1.165) is 43.0 Å². The largest absolute Gasteiger partial charge is 0.379 e. The SMILES string of the molecule is Cc1nn(C)c2ncc(NC(=O)NCC(C(C)C)N3CCOCC3)cc12. The highest BCUT2D eigenvalue weighted by molar-refractivity contribution is 5.92. The van der Waals surface area contributed by atoms with Crippen molar-refractivity contribution in [2.75, 3.05) is 38.2 Å². The summed E-state index contributed by atoms with van der Waals surface area (Å²) in [7, 11) is 1.86. The molecule has 1 atom stereocenters. The minimum atomic E-state index is -0.216. The van der Waals surface area contributed by atoms with Gasteiger partial charge in [0.15, 0.2) is 5.65 Å². The Morgan fingerprint density at radius 2 is 2.08 bits per heavy atom. The summed E-state index contributed by atoms with van der Waals surface area (Å²) in [5.74, 6) is 0.449. The molecule has 3 heterocycles. The number of ether oxygens (including phenoxy) is 1. The molecule has 0 saturated carbocycles. The van der Waals surface area contributed by atoms with Crippen LogP contribution in [0.5, 0.6) is 0 Å². The number of fused-ring (bicyclic) bond motifs is 1. The van der Waals surface area contributed by atoms with Gasteiger partial charge in [0.05, 0.1) is 30.8 Å². The summed E-state index contributed by atoms with van der Waals surface area (Å²) in [4.78, 5) is 19.1. The van der Waals surface area contributed by atoms with Crippen molar-refractivity contribution in [1.82, 2.24) is 25.0 Å². The smallest absolute Gasteiger partial charge is 0.319 e. The van der Waals surface area contributed by atoms with Crippen molar-refractivity contribution in [3.05, 3.63) is 18.0 Å². The van der Waals surface area contributed by atoms with E-state index in [1.165, 1.54) is 0 Å². The third-order valence-corrected chi connectivity index (χ3v) is 4.88. The molecular weight excluding hydrogens is 332 g/mol. The monoisotopic (exact) mass is 360 g/mol. The normalized spacial score (nSPS) is 16.8. The van der Waals surface area contributed by atoms with Gasteiger partial charge in [0.1, 0.15) is 0 Å². The standard InChI is InChI=1S/C18H28N6O2/c1-12(2)16(24-5-7-26-8-6-24)11-20-18(25)21-14-9-15-13(3)22-23(4)17(15)19-10-14/h9-10,12,16H,5-8,11H2,1-4H3,(H2,20,21,25).